The average molecular weight is 688 g/mol. The van der Waals surface area contributed by atoms with Gasteiger partial charge in [0.1, 0.15) is 10.9 Å². The number of methoxy groups -OCH3 is 2. The second kappa shape index (κ2) is 16.7. The zero-order valence-electron chi connectivity index (χ0n) is 27.1. The molecule has 5 aromatic carbocycles. The quantitative estimate of drug-likeness (QED) is 0.0747. The number of carbonyl (C=O) groups excluding carboxylic acids is 3. The Kier molecular flexibility index (Phi) is 11.7. The molecular formula is C39H33N3O7S. The zero-order valence-corrected chi connectivity index (χ0v) is 27.9. The number of nitrogens with one attached hydrogen (secondary N) is 3. The number of anilines is 2. The SMILES string of the molecule is COc1cccc(/C=C(\NC(=O)c2ccccc2)C(=O)Nc2ccc(SC(C(=O)Nc3cccc(C(=O)O)c3)c3ccccc3)cc2)c1OC. The molecule has 0 aliphatic rings. The van der Waals surface area contributed by atoms with Crippen LogP contribution in [0.25, 0.3) is 6.08 Å². The van der Waals surface area contributed by atoms with E-state index in [0.717, 1.165) is 10.5 Å². The van der Waals surface area contributed by atoms with E-state index in [0.29, 0.717) is 34.0 Å². The Morgan fingerprint density at radius 3 is 2.02 bits per heavy atom. The van der Waals surface area contributed by atoms with Gasteiger partial charge in [0, 0.05) is 27.4 Å². The van der Waals surface area contributed by atoms with Gasteiger partial charge in [-0.15, -0.1) is 11.8 Å². The van der Waals surface area contributed by atoms with Crippen LogP contribution in [0, 0.1) is 0 Å². The summed E-state index contributed by atoms with van der Waals surface area (Å²) >= 11 is 1.29. The smallest absolute Gasteiger partial charge is 0.335 e. The molecule has 0 fully saturated rings. The number of para-hydroxylation sites is 1. The zero-order chi connectivity index (χ0) is 35.5. The Hall–Kier alpha value is -6.33. The summed E-state index contributed by atoms with van der Waals surface area (Å²) in [5, 5.41) is 17.1. The number of rotatable bonds is 13. The maximum atomic E-state index is 13.7. The van der Waals surface area contributed by atoms with E-state index in [-0.39, 0.29) is 17.2 Å². The summed E-state index contributed by atoms with van der Waals surface area (Å²) in [7, 11) is 2.99. The van der Waals surface area contributed by atoms with Gasteiger partial charge in [-0.05, 0) is 72.3 Å². The fourth-order valence-electron chi connectivity index (χ4n) is 4.91. The highest BCUT2D eigenvalue weighted by molar-refractivity contribution is 8.00. The molecule has 0 saturated carbocycles. The van der Waals surface area contributed by atoms with Gasteiger partial charge in [-0.25, -0.2) is 4.79 Å². The monoisotopic (exact) mass is 687 g/mol. The topological polar surface area (TPSA) is 143 Å². The lowest BCUT2D eigenvalue weighted by atomic mass is 10.1. The Morgan fingerprint density at radius 2 is 1.36 bits per heavy atom. The molecule has 10 nitrogen and oxygen atoms in total. The molecule has 0 aromatic heterocycles. The van der Waals surface area contributed by atoms with Crippen LogP contribution in [-0.2, 0) is 9.59 Å². The summed E-state index contributed by atoms with van der Waals surface area (Å²) in [6.07, 6.45) is 1.51. The lowest BCUT2D eigenvalue weighted by Crippen LogP contribution is -2.30. The van der Waals surface area contributed by atoms with Crippen molar-refractivity contribution in [3.05, 3.63) is 155 Å². The minimum Gasteiger partial charge on any atom is -0.493 e. The van der Waals surface area contributed by atoms with Crippen LogP contribution in [0.4, 0.5) is 11.4 Å². The molecule has 0 aliphatic carbocycles. The van der Waals surface area contributed by atoms with Crippen LogP contribution < -0.4 is 25.4 Å². The number of carbonyl (C=O) groups is 4. The molecule has 5 aromatic rings. The lowest BCUT2D eigenvalue weighted by molar-refractivity contribution is -0.116. The van der Waals surface area contributed by atoms with E-state index < -0.39 is 23.0 Å². The van der Waals surface area contributed by atoms with E-state index in [2.05, 4.69) is 16.0 Å². The molecule has 0 spiro atoms. The van der Waals surface area contributed by atoms with E-state index in [9.17, 15) is 24.3 Å². The molecule has 0 aliphatic heterocycles. The summed E-state index contributed by atoms with van der Waals surface area (Å²) in [6, 6.07) is 35.9. The number of carboxylic acids is 1. The first-order chi connectivity index (χ1) is 24.2. The van der Waals surface area contributed by atoms with Crippen molar-refractivity contribution < 1.29 is 33.8 Å². The van der Waals surface area contributed by atoms with Gasteiger partial charge < -0.3 is 30.5 Å². The molecule has 11 heteroatoms. The van der Waals surface area contributed by atoms with Gasteiger partial charge in [0.15, 0.2) is 11.5 Å². The van der Waals surface area contributed by atoms with Crippen LogP contribution in [0.2, 0.25) is 0 Å². The number of hydrogen-bond donors (Lipinski definition) is 4. The second-order valence-electron chi connectivity index (χ2n) is 10.7. The van der Waals surface area contributed by atoms with E-state index in [4.69, 9.17) is 9.47 Å². The Bertz CT molecular complexity index is 2020. The minimum atomic E-state index is -1.09. The Labute approximate surface area is 293 Å². The highest BCUT2D eigenvalue weighted by Crippen LogP contribution is 2.37. The maximum absolute atomic E-state index is 13.7. The molecule has 3 amide bonds. The summed E-state index contributed by atoms with van der Waals surface area (Å²) in [5.41, 5.74) is 2.47. The Balaban J connectivity index is 1.36. The molecule has 0 heterocycles. The van der Waals surface area contributed by atoms with Crippen LogP contribution >= 0.6 is 11.8 Å². The first kappa shape index (κ1) is 35.0. The van der Waals surface area contributed by atoms with Crippen molar-refractivity contribution in [1.82, 2.24) is 5.32 Å². The number of carboxylic acid groups (broad SMARTS) is 1. The van der Waals surface area contributed by atoms with Crippen molar-refractivity contribution in [1.29, 1.82) is 0 Å². The van der Waals surface area contributed by atoms with Crippen LogP contribution in [0.1, 0.15) is 37.1 Å². The van der Waals surface area contributed by atoms with Crippen molar-refractivity contribution in [3.63, 3.8) is 0 Å². The number of thioether (sulfide) groups is 1. The fraction of sp³-hybridized carbons (Fsp3) is 0.0769. The molecule has 0 bridgehead atoms. The molecule has 5 rings (SSSR count). The van der Waals surface area contributed by atoms with Crippen molar-refractivity contribution in [2.24, 2.45) is 0 Å². The average Bonchev–Trinajstić information content (AvgIpc) is 3.14. The van der Waals surface area contributed by atoms with Crippen LogP contribution in [-0.4, -0.2) is 43.0 Å². The second-order valence-corrected chi connectivity index (χ2v) is 11.9. The largest absolute Gasteiger partial charge is 0.493 e. The number of amides is 3. The van der Waals surface area contributed by atoms with Gasteiger partial charge in [0.05, 0.1) is 19.8 Å². The normalized spacial score (nSPS) is 11.5. The van der Waals surface area contributed by atoms with Crippen molar-refractivity contribution in [2.75, 3.05) is 24.9 Å². The van der Waals surface area contributed by atoms with E-state index in [1.807, 2.05) is 30.3 Å². The van der Waals surface area contributed by atoms with E-state index >= 15 is 0 Å². The molecule has 252 valence electrons. The third-order valence-corrected chi connectivity index (χ3v) is 8.61. The Morgan fingerprint density at radius 1 is 0.700 bits per heavy atom. The number of ether oxygens (including phenoxy) is 2. The molecule has 50 heavy (non-hydrogen) atoms. The molecule has 4 N–H and O–H groups in total. The van der Waals surface area contributed by atoms with Crippen LogP contribution in [0.5, 0.6) is 11.5 Å². The number of aromatic carboxylic acids is 1. The van der Waals surface area contributed by atoms with Crippen LogP contribution in [0.15, 0.2) is 138 Å². The summed E-state index contributed by atoms with van der Waals surface area (Å²) in [4.78, 5) is 52.5. The fourth-order valence-corrected chi connectivity index (χ4v) is 5.94. The summed E-state index contributed by atoms with van der Waals surface area (Å²) in [6.45, 7) is 0. The van der Waals surface area contributed by atoms with Gasteiger partial charge in [-0.1, -0.05) is 66.7 Å². The highest BCUT2D eigenvalue weighted by Gasteiger charge is 2.23. The number of hydrogen-bond acceptors (Lipinski definition) is 7. The molecular weight excluding hydrogens is 655 g/mol. The van der Waals surface area contributed by atoms with E-state index in [1.54, 1.807) is 84.9 Å². The van der Waals surface area contributed by atoms with Gasteiger partial charge in [0.2, 0.25) is 5.91 Å². The molecule has 1 atom stereocenters. The van der Waals surface area contributed by atoms with E-state index in [1.165, 1.54) is 44.2 Å². The van der Waals surface area contributed by atoms with Gasteiger partial charge >= 0.3 is 5.97 Å². The third kappa shape index (κ3) is 8.97. The lowest BCUT2D eigenvalue weighted by Gasteiger charge is -2.18. The molecule has 1 unspecified atom stereocenters. The van der Waals surface area contributed by atoms with Gasteiger partial charge in [-0.3, -0.25) is 14.4 Å². The highest BCUT2D eigenvalue weighted by atomic mass is 32.2. The van der Waals surface area contributed by atoms with Crippen LogP contribution in [0.3, 0.4) is 0 Å². The standard InChI is InChI=1S/C39H33N3O7S/c1-48-33-18-10-15-27(34(33)49-2)24-32(42-36(43)26-13-7-4-8-14-26)37(44)40-29-19-21-31(22-20-29)50-35(25-11-5-3-6-12-25)38(45)41-30-17-9-16-28(23-30)39(46)47/h3-24,35H,1-2H3,(H,40,44)(H,41,45)(H,42,43)(H,46,47)/b32-24-. The minimum absolute atomic E-state index is 0.0309. The molecule has 0 radical (unpaired) electrons. The first-order valence-corrected chi connectivity index (χ1v) is 16.2. The molecule has 0 saturated heterocycles. The van der Waals surface area contributed by atoms with Gasteiger partial charge in [0.25, 0.3) is 11.8 Å². The summed E-state index contributed by atoms with van der Waals surface area (Å²) in [5.74, 6) is -1.63. The van der Waals surface area contributed by atoms with Gasteiger partial charge in [-0.2, -0.15) is 0 Å². The summed E-state index contributed by atoms with van der Waals surface area (Å²) < 4.78 is 10.9. The third-order valence-electron chi connectivity index (χ3n) is 7.35. The number of benzene rings is 5. The van der Waals surface area contributed by atoms with Crippen molar-refractivity contribution in [3.8, 4) is 11.5 Å². The maximum Gasteiger partial charge on any atom is 0.335 e. The van der Waals surface area contributed by atoms with Crippen molar-refractivity contribution >= 4 is 52.9 Å². The predicted molar refractivity (Wildman–Crippen MR) is 194 cm³/mol. The predicted octanol–water partition coefficient (Wildman–Crippen LogP) is 7.28. The van der Waals surface area contributed by atoms with Crippen molar-refractivity contribution in [2.45, 2.75) is 10.1 Å². The first-order valence-electron chi connectivity index (χ1n) is 15.3.